The Morgan fingerprint density at radius 3 is 2.37 bits per heavy atom. The summed E-state index contributed by atoms with van der Waals surface area (Å²) in [5, 5.41) is 11.4. The minimum atomic E-state index is -1.61. The third-order valence-electron chi connectivity index (χ3n) is 6.60. The van der Waals surface area contributed by atoms with Crippen LogP contribution in [0.1, 0.15) is 25.3 Å². The number of rotatable bonds is 3. The number of quaternary nitrogens is 1. The van der Waals surface area contributed by atoms with Crippen LogP contribution in [0.4, 0.5) is 5.69 Å². The molecule has 4 aliphatic heterocycles. The van der Waals surface area contributed by atoms with Gasteiger partial charge in [0.05, 0.1) is 44.8 Å². The number of ether oxygens (including phenoxy) is 4. The number of hydrogen-bond donors (Lipinski definition) is 1. The monoisotopic (exact) mass is 420 g/mol. The van der Waals surface area contributed by atoms with Gasteiger partial charge in [-0.2, -0.15) is 0 Å². The molecule has 4 aliphatic rings. The molecule has 0 saturated carbocycles. The Morgan fingerprint density at radius 2 is 1.73 bits per heavy atom. The summed E-state index contributed by atoms with van der Waals surface area (Å²) in [4.78, 5) is 27.4. The van der Waals surface area contributed by atoms with Crippen molar-refractivity contribution in [1.82, 2.24) is 0 Å². The van der Waals surface area contributed by atoms with Gasteiger partial charge in [-0.25, -0.2) is 0 Å². The van der Waals surface area contributed by atoms with Crippen LogP contribution in [0.5, 0.6) is 0 Å². The van der Waals surface area contributed by atoms with E-state index >= 15 is 0 Å². The molecule has 162 valence electrons. The number of amides is 1. The van der Waals surface area contributed by atoms with E-state index in [2.05, 4.69) is 0 Å². The summed E-state index contributed by atoms with van der Waals surface area (Å²) >= 11 is 0. The zero-order chi connectivity index (χ0) is 21.0. The van der Waals surface area contributed by atoms with Crippen molar-refractivity contribution >= 4 is 11.6 Å². The number of nitro groups is 1. The van der Waals surface area contributed by atoms with Gasteiger partial charge in [-0.3, -0.25) is 19.8 Å². The highest BCUT2D eigenvalue weighted by Gasteiger charge is 2.60. The Hall–Kier alpha value is -2.11. The van der Waals surface area contributed by atoms with Gasteiger partial charge in [0.1, 0.15) is 13.2 Å². The molecule has 0 aromatic heterocycles. The first-order valence-corrected chi connectivity index (χ1v) is 10.3. The van der Waals surface area contributed by atoms with Crippen LogP contribution in [0.3, 0.4) is 0 Å². The molecule has 3 saturated heterocycles. The number of carbonyl (C=O) groups excluding carboxylic acids is 1. The number of benzene rings is 1. The van der Waals surface area contributed by atoms with E-state index in [-0.39, 0.29) is 19.1 Å². The van der Waals surface area contributed by atoms with Crippen molar-refractivity contribution in [3.63, 3.8) is 0 Å². The highest BCUT2D eigenvalue weighted by molar-refractivity contribution is 6.05. The van der Waals surface area contributed by atoms with Crippen molar-refractivity contribution in [2.24, 2.45) is 0 Å². The summed E-state index contributed by atoms with van der Waals surface area (Å²) in [6, 6.07) is 7.34. The molecule has 0 unspecified atom stereocenters. The third kappa shape index (κ3) is 2.94. The van der Waals surface area contributed by atoms with Crippen LogP contribution in [-0.4, -0.2) is 68.3 Å². The van der Waals surface area contributed by atoms with E-state index in [4.69, 9.17) is 18.9 Å². The Labute approximate surface area is 173 Å². The predicted molar refractivity (Wildman–Crippen MR) is 102 cm³/mol. The molecule has 0 aliphatic carbocycles. The number of nitrogens with one attached hydrogen (secondary N) is 1. The highest BCUT2D eigenvalue weighted by atomic mass is 16.7. The maximum Gasteiger partial charge on any atom is 0.296 e. The summed E-state index contributed by atoms with van der Waals surface area (Å²) in [5.74, 6) is -2.39. The van der Waals surface area contributed by atoms with Crippen molar-refractivity contribution in [3.05, 3.63) is 39.9 Å². The van der Waals surface area contributed by atoms with Gasteiger partial charge in [-0.05, 0) is 6.07 Å². The third-order valence-corrected chi connectivity index (χ3v) is 6.60. The van der Waals surface area contributed by atoms with Crippen LogP contribution in [0, 0.1) is 10.1 Å². The summed E-state index contributed by atoms with van der Waals surface area (Å²) in [6.07, 6.45) is 1.57. The molecule has 1 amide bonds. The van der Waals surface area contributed by atoms with E-state index in [1.54, 1.807) is 11.0 Å². The van der Waals surface area contributed by atoms with E-state index in [0.717, 1.165) is 31.6 Å². The van der Waals surface area contributed by atoms with Gasteiger partial charge in [-0.15, -0.1) is 0 Å². The highest BCUT2D eigenvalue weighted by Crippen LogP contribution is 2.46. The number of para-hydroxylation sites is 1. The van der Waals surface area contributed by atoms with E-state index < -0.39 is 22.0 Å². The fourth-order valence-corrected chi connectivity index (χ4v) is 4.68. The molecule has 30 heavy (non-hydrogen) atoms. The van der Waals surface area contributed by atoms with Crippen molar-refractivity contribution in [1.29, 1.82) is 0 Å². The van der Waals surface area contributed by atoms with Crippen LogP contribution >= 0.6 is 0 Å². The molecular formula is C20H26N3O7+. The molecule has 4 heterocycles. The molecule has 0 radical (unpaired) electrons. The van der Waals surface area contributed by atoms with Gasteiger partial charge in [0, 0.05) is 17.4 Å². The SMILES string of the molecule is CC1([N+](=O)[O-])COC2(OC1)C(=O)N(C[NH+]1CCC3(CC1)OCCO3)c1ccccc12. The molecule has 0 bridgehead atoms. The fourth-order valence-electron chi connectivity index (χ4n) is 4.68. The van der Waals surface area contributed by atoms with Crippen molar-refractivity contribution in [3.8, 4) is 0 Å². The first-order valence-electron chi connectivity index (χ1n) is 10.3. The number of nitrogens with zero attached hydrogens (tertiary/aromatic N) is 2. The van der Waals surface area contributed by atoms with Crippen LogP contribution < -0.4 is 9.80 Å². The minimum Gasteiger partial charge on any atom is -0.347 e. The van der Waals surface area contributed by atoms with E-state index in [0.29, 0.717) is 25.4 Å². The zero-order valence-corrected chi connectivity index (χ0v) is 16.9. The average molecular weight is 420 g/mol. The standard InChI is InChI=1S/C20H25N3O7/c1-18(23(25)26)12-29-20(30-13-18)15-4-2-3-5-16(15)22(17(20)24)14-21-8-6-19(7-9-21)27-10-11-28-19/h2-5H,6-14H2,1H3/p+1. The number of hydrogen-bond acceptors (Lipinski definition) is 7. The fraction of sp³-hybridized carbons (Fsp3) is 0.650. The van der Waals surface area contributed by atoms with Crippen LogP contribution in [0.15, 0.2) is 24.3 Å². The van der Waals surface area contributed by atoms with Gasteiger partial charge in [0.2, 0.25) is 0 Å². The lowest BCUT2D eigenvalue weighted by Gasteiger charge is -2.38. The number of likely N-dealkylation sites (tertiary alicyclic amines) is 1. The van der Waals surface area contributed by atoms with Crippen molar-refractivity contribution in [2.75, 3.05) is 51.1 Å². The predicted octanol–water partition coefficient (Wildman–Crippen LogP) is -0.352. The quantitative estimate of drug-likeness (QED) is 0.526. The summed E-state index contributed by atoms with van der Waals surface area (Å²) in [6.45, 7) is 4.45. The maximum absolute atomic E-state index is 13.5. The second-order valence-corrected chi connectivity index (χ2v) is 8.71. The molecule has 1 N–H and O–H groups in total. The molecule has 1 aromatic carbocycles. The average Bonchev–Trinajstić information content (AvgIpc) is 3.29. The first kappa shape index (κ1) is 19.8. The normalized spacial score (nSPS) is 30.2. The molecule has 5 rings (SSSR count). The summed E-state index contributed by atoms with van der Waals surface area (Å²) < 4.78 is 23.3. The maximum atomic E-state index is 13.5. The number of carbonyl (C=O) groups is 1. The summed E-state index contributed by atoms with van der Waals surface area (Å²) in [7, 11) is 0. The zero-order valence-electron chi connectivity index (χ0n) is 16.9. The molecular weight excluding hydrogens is 394 g/mol. The Balaban J connectivity index is 1.35. The van der Waals surface area contributed by atoms with E-state index in [9.17, 15) is 14.9 Å². The Morgan fingerprint density at radius 1 is 1.10 bits per heavy atom. The van der Waals surface area contributed by atoms with E-state index in [1.165, 1.54) is 11.8 Å². The van der Waals surface area contributed by atoms with Crippen molar-refractivity contribution in [2.45, 2.75) is 36.9 Å². The minimum absolute atomic E-state index is 0.193. The number of anilines is 1. The largest absolute Gasteiger partial charge is 0.347 e. The lowest BCUT2D eigenvalue weighted by Crippen LogP contribution is -3.15. The Kier molecular flexibility index (Phi) is 4.60. The van der Waals surface area contributed by atoms with Crippen LogP contribution in [0.2, 0.25) is 0 Å². The summed E-state index contributed by atoms with van der Waals surface area (Å²) in [5.41, 5.74) is -0.0363. The number of fused-ring (bicyclic) bond motifs is 2. The topological polar surface area (TPSA) is 105 Å². The molecule has 0 atom stereocenters. The van der Waals surface area contributed by atoms with E-state index in [1.807, 2.05) is 18.2 Å². The molecule has 10 nitrogen and oxygen atoms in total. The second-order valence-electron chi connectivity index (χ2n) is 8.71. The van der Waals surface area contributed by atoms with Gasteiger partial charge >= 0.3 is 0 Å². The van der Waals surface area contributed by atoms with Crippen molar-refractivity contribution < 1.29 is 33.6 Å². The van der Waals surface area contributed by atoms with Gasteiger partial charge < -0.3 is 23.8 Å². The second kappa shape index (κ2) is 6.96. The lowest BCUT2D eigenvalue weighted by atomic mass is 10.0. The smallest absolute Gasteiger partial charge is 0.296 e. The molecule has 3 fully saturated rings. The van der Waals surface area contributed by atoms with Crippen LogP contribution in [0.25, 0.3) is 0 Å². The Bertz CT molecular complexity index is 852. The first-order chi connectivity index (χ1) is 14.4. The molecule has 1 aromatic rings. The lowest BCUT2D eigenvalue weighted by molar-refractivity contribution is -0.907. The van der Waals surface area contributed by atoms with Crippen LogP contribution in [-0.2, 0) is 29.5 Å². The number of piperidine rings is 1. The van der Waals surface area contributed by atoms with Gasteiger partial charge in [0.15, 0.2) is 12.5 Å². The molecule has 2 spiro atoms. The molecule has 10 heteroatoms. The van der Waals surface area contributed by atoms with Gasteiger partial charge in [-0.1, -0.05) is 18.2 Å². The van der Waals surface area contributed by atoms with Gasteiger partial charge in [0.25, 0.3) is 17.2 Å².